The van der Waals surface area contributed by atoms with Crippen LogP contribution in [0.2, 0.25) is 0 Å². The van der Waals surface area contributed by atoms with Gasteiger partial charge in [-0.05, 0) is 7.05 Å². The summed E-state index contributed by atoms with van der Waals surface area (Å²) in [4.78, 5) is 2.07. The van der Waals surface area contributed by atoms with Gasteiger partial charge in [-0.1, -0.05) is 13.8 Å². The Morgan fingerprint density at radius 3 is 2.73 bits per heavy atom. The van der Waals surface area contributed by atoms with Gasteiger partial charge in [-0.15, -0.1) is 0 Å². The van der Waals surface area contributed by atoms with Gasteiger partial charge in [0.15, 0.2) is 0 Å². The molecule has 3 nitrogen and oxygen atoms in total. The molecule has 1 rings (SSSR count). The number of hydrogen-bond donors (Lipinski definition) is 1. The number of hydrogen-bond acceptors (Lipinski definition) is 3. The molecule has 1 heterocycles. The zero-order valence-corrected chi connectivity index (χ0v) is 7.71. The summed E-state index contributed by atoms with van der Waals surface area (Å²) in [5.74, 6) is 0. The van der Waals surface area contributed by atoms with Crippen LogP contribution in [0.5, 0.6) is 0 Å². The quantitative estimate of drug-likeness (QED) is 0.556. The zero-order valence-electron chi connectivity index (χ0n) is 7.71. The van der Waals surface area contributed by atoms with Gasteiger partial charge in [-0.25, -0.2) is 0 Å². The molecule has 0 radical (unpaired) electrons. The summed E-state index contributed by atoms with van der Waals surface area (Å²) in [6, 6.07) is 0. The van der Waals surface area contributed by atoms with Gasteiger partial charge >= 0.3 is 0 Å². The van der Waals surface area contributed by atoms with Crippen LogP contribution in [0, 0.1) is 0 Å². The van der Waals surface area contributed by atoms with E-state index < -0.39 is 0 Å². The Hall–Kier alpha value is -0.120. The van der Waals surface area contributed by atoms with E-state index in [1.165, 1.54) is 0 Å². The van der Waals surface area contributed by atoms with Gasteiger partial charge in [0, 0.05) is 13.1 Å². The number of aliphatic hydroxyl groups is 1. The third kappa shape index (κ3) is 5.18. The predicted octanol–water partition coefficient (Wildman–Crippen LogP) is 0.336. The van der Waals surface area contributed by atoms with E-state index in [1.54, 1.807) is 0 Å². The van der Waals surface area contributed by atoms with Crippen LogP contribution in [0.3, 0.4) is 0 Å². The second kappa shape index (κ2) is 6.58. The Bertz CT molecular complexity index is 78.2. The molecule has 0 amide bonds. The molecule has 1 fully saturated rings. The number of rotatable bonds is 0. The van der Waals surface area contributed by atoms with Gasteiger partial charge in [0.25, 0.3) is 0 Å². The number of ether oxygens (including phenoxy) is 1. The first-order chi connectivity index (χ1) is 5.29. The maximum Gasteiger partial charge on any atom is 0.0900 e. The van der Waals surface area contributed by atoms with Crippen molar-refractivity contribution in [3.05, 3.63) is 0 Å². The molecule has 1 aliphatic heterocycles. The smallest absolute Gasteiger partial charge is 0.0900 e. The number of likely N-dealkylation sites (N-methyl/N-ethyl adjacent to an activating group) is 1. The van der Waals surface area contributed by atoms with Gasteiger partial charge in [0.1, 0.15) is 0 Å². The summed E-state index contributed by atoms with van der Waals surface area (Å²) in [5.41, 5.74) is 0. The molecule has 0 spiro atoms. The first-order valence-corrected chi connectivity index (χ1v) is 4.23. The number of nitrogens with zero attached hydrogens (tertiary/aromatic N) is 1. The molecule has 1 saturated heterocycles. The van der Waals surface area contributed by atoms with Crippen molar-refractivity contribution in [3.63, 3.8) is 0 Å². The van der Waals surface area contributed by atoms with E-state index in [2.05, 4.69) is 4.90 Å². The highest BCUT2D eigenvalue weighted by Crippen LogP contribution is 1.95. The van der Waals surface area contributed by atoms with Crippen LogP contribution in [0.1, 0.15) is 13.8 Å². The van der Waals surface area contributed by atoms with Crippen LogP contribution in [0.4, 0.5) is 0 Å². The zero-order chi connectivity index (χ0) is 8.69. The topological polar surface area (TPSA) is 32.7 Å². The van der Waals surface area contributed by atoms with E-state index in [9.17, 15) is 0 Å². The highest BCUT2D eigenvalue weighted by Gasteiger charge is 2.11. The fourth-order valence-corrected chi connectivity index (χ4v) is 0.944. The maximum absolute atomic E-state index is 9.09. The Kier molecular flexibility index (Phi) is 6.51. The van der Waals surface area contributed by atoms with Gasteiger partial charge in [-0.3, -0.25) is 0 Å². The van der Waals surface area contributed by atoms with E-state index in [0.29, 0.717) is 6.61 Å². The fraction of sp³-hybridized carbons (Fsp3) is 1.00. The Morgan fingerprint density at radius 2 is 2.09 bits per heavy atom. The van der Waals surface area contributed by atoms with Crippen molar-refractivity contribution in [1.82, 2.24) is 4.90 Å². The second-order valence-electron chi connectivity index (χ2n) is 2.49. The molecule has 3 heteroatoms. The lowest BCUT2D eigenvalue weighted by Gasteiger charge is -2.13. The van der Waals surface area contributed by atoms with E-state index in [-0.39, 0.29) is 6.10 Å². The minimum atomic E-state index is -0.294. The van der Waals surface area contributed by atoms with Crippen molar-refractivity contribution in [2.45, 2.75) is 20.0 Å². The van der Waals surface area contributed by atoms with Gasteiger partial charge < -0.3 is 14.7 Å². The largest absolute Gasteiger partial charge is 0.389 e. The average molecular weight is 161 g/mol. The van der Waals surface area contributed by atoms with E-state index in [4.69, 9.17) is 9.84 Å². The molecule has 0 aliphatic carbocycles. The predicted molar refractivity (Wildman–Crippen MR) is 45.7 cm³/mol. The highest BCUT2D eigenvalue weighted by atomic mass is 16.5. The molecule has 1 aliphatic rings. The molecule has 0 aromatic heterocycles. The third-order valence-corrected chi connectivity index (χ3v) is 1.45. The molecule has 11 heavy (non-hydrogen) atoms. The first kappa shape index (κ1) is 10.9. The molecular weight excluding hydrogens is 142 g/mol. The van der Waals surface area contributed by atoms with Crippen LogP contribution in [0.15, 0.2) is 0 Å². The lowest BCUT2D eigenvalue weighted by molar-refractivity contribution is 0.0573. The van der Waals surface area contributed by atoms with Gasteiger partial charge in [-0.2, -0.15) is 0 Å². The molecule has 0 aromatic rings. The third-order valence-electron chi connectivity index (χ3n) is 1.45. The van der Waals surface area contributed by atoms with Crippen LogP contribution >= 0.6 is 0 Å². The first-order valence-electron chi connectivity index (χ1n) is 4.23. The molecular formula is C8H19NO2. The second-order valence-corrected chi connectivity index (χ2v) is 2.49. The average Bonchev–Trinajstić information content (AvgIpc) is 2.18. The van der Waals surface area contributed by atoms with Gasteiger partial charge in [0.05, 0.1) is 19.3 Å². The van der Waals surface area contributed by atoms with E-state index in [1.807, 2.05) is 20.9 Å². The van der Waals surface area contributed by atoms with Crippen molar-refractivity contribution >= 4 is 0 Å². The Morgan fingerprint density at radius 1 is 1.45 bits per heavy atom. The van der Waals surface area contributed by atoms with Crippen LogP contribution in [-0.4, -0.2) is 49.5 Å². The molecule has 0 saturated carbocycles. The summed E-state index contributed by atoms with van der Waals surface area (Å²) in [6.07, 6.45) is -0.294. The maximum atomic E-state index is 9.09. The van der Waals surface area contributed by atoms with E-state index in [0.717, 1.165) is 19.7 Å². The molecule has 1 N–H and O–H groups in total. The summed E-state index contributed by atoms with van der Waals surface area (Å²) < 4.78 is 5.09. The minimum Gasteiger partial charge on any atom is -0.389 e. The molecule has 0 bridgehead atoms. The molecule has 68 valence electrons. The molecule has 0 aromatic carbocycles. The highest BCUT2D eigenvalue weighted by molar-refractivity contribution is 4.63. The number of aliphatic hydroxyl groups excluding tert-OH is 1. The summed E-state index contributed by atoms with van der Waals surface area (Å²) in [6.45, 7) is 6.90. The SMILES string of the molecule is CC.CN1CCOCC(O)C1. The lowest BCUT2D eigenvalue weighted by Crippen LogP contribution is -2.28. The van der Waals surface area contributed by atoms with Crippen LogP contribution in [0.25, 0.3) is 0 Å². The Labute approximate surface area is 69.0 Å². The molecule has 1 atom stereocenters. The van der Waals surface area contributed by atoms with Crippen molar-refractivity contribution in [2.75, 3.05) is 33.4 Å². The van der Waals surface area contributed by atoms with Crippen molar-refractivity contribution in [1.29, 1.82) is 0 Å². The van der Waals surface area contributed by atoms with Crippen molar-refractivity contribution in [3.8, 4) is 0 Å². The normalized spacial score (nSPS) is 26.7. The fourth-order valence-electron chi connectivity index (χ4n) is 0.944. The summed E-state index contributed by atoms with van der Waals surface area (Å²) in [7, 11) is 1.98. The monoisotopic (exact) mass is 161 g/mol. The van der Waals surface area contributed by atoms with Gasteiger partial charge in [0.2, 0.25) is 0 Å². The van der Waals surface area contributed by atoms with Crippen molar-refractivity contribution in [2.24, 2.45) is 0 Å². The lowest BCUT2D eigenvalue weighted by atomic mass is 10.4. The molecule has 1 unspecified atom stereocenters. The summed E-state index contributed by atoms with van der Waals surface area (Å²) >= 11 is 0. The van der Waals surface area contributed by atoms with Crippen LogP contribution < -0.4 is 0 Å². The minimum absolute atomic E-state index is 0.294. The van der Waals surface area contributed by atoms with Crippen LogP contribution in [-0.2, 0) is 4.74 Å². The van der Waals surface area contributed by atoms with E-state index >= 15 is 0 Å². The van der Waals surface area contributed by atoms with Crippen molar-refractivity contribution < 1.29 is 9.84 Å². The Balaban J connectivity index is 0.000000461. The number of β-amino-alcohol motifs (C(OH)–C–C–N with tert-alkyl or cyclic N) is 1. The summed E-state index contributed by atoms with van der Waals surface area (Å²) in [5, 5.41) is 9.09. The standard InChI is InChI=1S/C6H13NO2.C2H6/c1-7-2-3-9-5-6(8)4-7;1-2/h6,8H,2-5H2,1H3;1-2H3.